The number of hydrogen-bond donors (Lipinski definition) is 2. The second-order valence-corrected chi connectivity index (χ2v) is 9.24. The molecule has 9 nitrogen and oxygen atoms in total. The normalized spacial score (nSPS) is 24.7. The second-order valence-electron chi connectivity index (χ2n) is 9.24. The molecule has 3 aliphatic rings. The number of ketones is 1. The Morgan fingerprint density at radius 2 is 1.87 bits per heavy atom. The highest BCUT2D eigenvalue weighted by molar-refractivity contribution is 5.86. The van der Waals surface area contributed by atoms with Gasteiger partial charge in [-0.3, -0.25) is 9.59 Å². The average Bonchev–Trinajstić information content (AvgIpc) is 2.63. The minimum Gasteiger partial charge on any atom is -0.508 e. The molecular weight excluding hydrogens is 394 g/mol. The van der Waals surface area contributed by atoms with E-state index in [-0.39, 0.29) is 53.5 Å². The lowest BCUT2D eigenvalue weighted by atomic mass is 9.44. The molecule has 2 N–H and O–H groups in total. The van der Waals surface area contributed by atoms with Gasteiger partial charge in [0.2, 0.25) is 0 Å². The van der Waals surface area contributed by atoms with Crippen LogP contribution in [0.4, 0.5) is 0 Å². The molecule has 0 unspecified atom stereocenters. The third kappa shape index (κ3) is 3.57. The zero-order chi connectivity index (χ0) is 22.4. The fourth-order valence-electron chi connectivity index (χ4n) is 4.90. The van der Waals surface area contributed by atoms with E-state index in [0.717, 1.165) is 6.42 Å². The Labute approximate surface area is 174 Å². The molecule has 9 heteroatoms. The van der Waals surface area contributed by atoms with Crippen LogP contribution in [0, 0.1) is 27.4 Å². The minimum absolute atomic E-state index is 0.0373. The summed E-state index contributed by atoms with van der Waals surface area (Å²) >= 11 is 0. The zero-order valence-electron chi connectivity index (χ0n) is 17.5. The van der Waals surface area contributed by atoms with Crippen LogP contribution in [0.25, 0.3) is 0 Å². The number of ether oxygens (including phenoxy) is 1. The smallest absolute Gasteiger partial charge is 0.316 e. The third-order valence-corrected chi connectivity index (χ3v) is 6.89. The van der Waals surface area contributed by atoms with Gasteiger partial charge in [-0.1, -0.05) is 13.8 Å². The molecule has 1 aromatic carbocycles. The lowest BCUT2D eigenvalue weighted by Gasteiger charge is -2.59. The first-order chi connectivity index (χ1) is 13.9. The summed E-state index contributed by atoms with van der Waals surface area (Å²) in [5.41, 5.74) is -0.737. The number of Topliss-reactive ketones (excluding diaryl/α,β-unsaturated/α-hetero) is 1. The van der Waals surface area contributed by atoms with Crippen LogP contribution >= 0.6 is 0 Å². The number of phenolic OH excluding ortho intramolecular Hbond substituents is 2. The predicted molar refractivity (Wildman–Crippen MR) is 104 cm³/mol. The zero-order valence-corrected chi connectivity index (χ0v) is 17.5. The first-order valence-corrected chi connectivity index (χ1v) is 9.91. The molecule has 30 heavy (non-hydrogen) atoms. The molecule has 0 radical (unpaired) electrons. The summed E-state index contributed by atoms with van der Waals surface area (Å²) in [5, 5.41) is 30.6. The molecular formula is C21H27NO8. The Kier molecular flexibility index (Phi) is 5.43. The summed E-state index contributed by atoms with van der Waals surface area (Å²) in [6, 6.07) is 2.82. The largest absolute Gasteiger partial charge is 0.508 e. The van der Waals surface area contributed by atoms with Crippen molar-refractivity contribution < 1.29 is 34.5 Å². The molecule has 3 aliphatic carbocycles. The van der Waals surface area contributed by atoms with Gasteiger partial charge >= 0.3 is 5.97 Å². The van der Waals surface area contributed by atoms with Gasteiger partial charge in [0.25, 0.3) is 5.09 Å². The molecule has 164 valence electrons. The van der Waals surface area contributed by atoms with Crippen LogP contribution in [-0.4, -0.2) is 40.3 Å². The fraction of sp³-hybridized carbons (Fsp3) is 0.619. The average molecular weight is 421 g/mol. The Morgan fingerprint density at radius 3 is 2.37 bits per heavy atom. The molecule has 3 fully saturated rings. The number of hydrogen-bond acceptors (Lipinski definition) is 8. The van der Waals surface area contributed by atoms with Crippen LogP contribution in [0.2, 0.25) is 0 Å². The lowest BCUT2D eigenvalue weighted by molar-refractivity contribution is -0.757. The van der Waals surface area contributed by atoms with Crippen LogP contribution in [0.3, 0.4) is 0 Å². The number of carbonyl (C=O) groups is 2. The molecule has 4 rings (SSSR count). The van der Waals surface area contributed by atoms with Crippen molar-refractivity contribution in [3.05, 3.63) is 33.4 Å². The molecule has 0 aliphatic heterocycles. The van der Waals surface area contributed by atoms with Crippen LogP contribution < -0.4 is 0 Å². The highest BCUT2D eigenvalue weighted by Gasteiger charge is 2.59. The molecule has 3 atom stereocenters. The maximum atomic E-state index is 12.5. The van der Waals surface area contributed by atoms with Crippen LogP contribution in [-0.2, 0) is 24.6 Å². The van der Waals surface area contributed by atoms with Crippen molar-refractivity contribution >= 4 is 11.8 Å². The summed E-state index contributed by atoms with van der Waals surface area (Å²) in [6.45, 7) is 6.50. The number of carbonyl (C=O) groups excluding carboxylic acids is 2. The van der Waals surface area contributed by atoms with Crippen molar-refractivity contribution in [2.24, 2.45) is 17.3 Å². The topological polar surface area (TPSA) is 136 Å². The van der Waals surface area contributed by atoms with Gasteiger partial charge in [0.1, 0.15) is 30.5 Å². The summed E-state index contributed by atoms with van der Waals surface area (Å²) in [6.07, 6.45) is 1.03. The van der Waals surface area contributed by atoms with E-state index in [1.165, 1.54) is 12.1 Å². The van der Waals surface area contributed by atoms with Crippen LogP contribution in [0.5, 0.6) is 11.5 Å². The summed E-state index contributed by atoms with van der Waals surface area (Å²) in [5.74, 6) is -0.922. The highest BCUT2D eigenvalue weighted by Crippen LogP contribution is 2.64. The molecule has 0 heterocycles. The van der Waals surface area contributed by atoms with E-state index in [4.69, 9.17) is 4.74 Å². The number of phenols is 2. The van der Waals surface area contributed by atoms with Crippen molar-refractivity contribution in [1.82, 2.24) is 0 Å². The van der Waals surface area contributed by atoms with Crippen molar-refractivity contribution in [1.29, 1.82) is 0 Å². The molecule has 3 saturated carbocycles. The van der Waals surface area contributed by atoms with Gasteiger partial charge in [-0.05, 0) is 49.3 Å². The predicted octanol–water partition coefficient (Wildman–Crippen LogP) is 2.85. The number of esters is 1. The summed E-state index contributed by atoms with van der Waals surface area (Å²) < 4.78 is 5.03. The van der Waals surface area contributed by atoms with Crippen LogP contribution in [0.15, 0.2) is 12.1 Å². The van der Waals surface area contributed by atoms with Crippen molar-refractivity contribution in [3.8, 4) is 11.5 Å². The van der Waals surface area contributed by atoms with Gasteiger partial charge in [0.15, 0.2) is 0 Å². The number of rotatable bonds is 7. The van der Waals surface area contributed by atoms with Crippen molar-refractivity contribution in [2.45, 2.75) is 51.9 Å². The molecule has 2 bridgehead atoms. The first kappa shape index (κ1) is 21.9. The van der Waals surface area contributed by atoms with Crippen molar-refractivity contribution in [3.63, 3.8) is 0 Å². The SMILES string of the molecule is CC(C)(C(=O)OCCO[N+](=O)[O-])c1cc(O)c([C@@H]2CC(=O)[C@@H]3C[C@@H]2C3(C)C)c(O)c1. The maximum absolute atomic E-state index is 12.5. The second kappa shape index (κ2) is 7.45. The number of nitrogens with zero attached hydrogens (tertiary/aromatic N) is 1. The molecule has 0 amide bonds. The van der Waals surface area contributed by atoms with E-state index in [2.05, 4.69) is 4.84 Å². The number of benzene rings is 1. The monoisotopic (exact) mass is 421 g/mol. The lowest BCUT2D eigenvalue weighted by Crippen LogP contribution is -2.56. The molecule has 0 aromatic heterocycles. The van der Waals surface area contributed by atoms with Gasteiger partial charge < -0.3 is 19.8 Å². The van der Waals surface area contributed by atoms with E-state index >= 15 is 0 Å². The van der Waals surface area contributed by atoms with E-state index in [9.17, 15) is 29.9 Å². The van der Waals surface area contributed by atoms with E-state index in [1.807, 2.05) is 13.8 Å². The number of aromatic hydroxyl groups is 2. The molecule has 1 aromatic rings. The van der Waals surface area contributed by atoms with Gasteiger partial charge in [0.05, 0.1) is 5.41 Å². The van der Waals surface area contributed by atoms with Gasteiger partial charge in [0, 0.05) is 23.8 Å². The van der Waals surface area contributed by atoms with Gasteiger partial charge in [-0.25, -0.2) is 0 Å². The van der Waals surface area contributed by atoms with Crippen molar-refractivity contribution in [2.75, 3.05) is 13.2 Å². The Hall–Kier alpha value is -2.84. The van der Waals surface area contributed by atoms with E-state index in [0.29, 0.717) is 11.1 Å². The Bertz CT molecular complexity index is 868. The third-order valence-electron chi connectivity index (χ3n) is 6.89. The van der Waals surface area contributed by atoms with Gasteiger partial charge in [-0.2, -0.15) is 0 Å². The first-order valence-electron chi connectivity index (χ1n) is 9.91. The van der Waals surface area contributed by atoms with E-state index in [1.54, 1.807) is 13.8 Å². The quantitative estimate of drug-likeness (QED) is 0.297. The van der Waals surface area contributed by atoms with Gasteiger partial charge in [-0.15, -0.1) is 10.1 Å². The Balaban J connectivity index is 1.81. The Morgan fingerprint density at radius 1 is 1.27 bits per heavy atom. The van der Waals surface area contributed by atoms with E-state index < -0.39 is 23.1 Å². The molecule has 0 spiro atoms. The minimum atomic E-state index is -1.23. The number of fused-ring (bicyclic) bond motifs is 2. The summed E-state index contributed by atoms with van der Waals surface area (Å²) in [4.78, 5) is 39.2. The maximum Gasteiger partial charge on any atom is 0.316 e. The highest BCUT2D eigenvalue weighted by atomic mass is 17.0. The standard InChI is InChI=1S/C21H27NO8/c1-20(2,19(26)29-5-6-30-22(27)28)11-7-16(24)18(17(25)8-11)12-9-15(23)14-10-13(12)21(14,3)4/h7-8,12-14,24-25H,5-6,9-10H2,1-4H3/t12-,13+,14+/m1/s1. The fourth-order valence-corrected chi connectivity index (χ4v) is 4.90. The summed E-state index contributed by atoms with van der Waals surface area (Å²) in [7, 11) is 0. The molecule has 0 saturated heterocycles. The van der Waals surface area contributed by atoms with Crippen LogP contribution in [0.1, 0.15) is 57.6 Å².